The highest BCUT2D eigenvalue weighted by Gasteiger charge is 2.29. The molecule has 2 N–H and O–H groups in total. The number of carbonyl (C=O) groups excluding carboxylic acids is 4. The van der Waals surface area contributed by atoms with Gasteiger partial charge in [-0.05, 0) is 58.7 Å². The third-order valence-electron chi connectivity index (χ3n) is 4.66. The van der Waals surface area contributed by atoms with Crippen LogP contribution < -0.4 is 15.2 Å². The lowest BCUT2D eigenvalue weighted by atomic mass is 9.97. The van der Waals surface area contributed by atoms with Crippen molar-refractivity contribution in [2.75, 3.05) is 0 Å². The Balaban J connectivity index is 2.85. The van der Waals surface area contributed by atoms with Crippen molar-refractivity contribution in [1.29, 1.82) is 0 Å². The Kier molecular flexibility index (Phi) is 10.5. The molecule has 0 bridgehead atoms. The number of nitrogens with two attached hydrogens (primary N) is 1. The first kappa shape index (κ1) is 28.1. The van der Waals surface area contributed by atoms with Crippen LogP contribution in [-0.2, 0) is 35.1 Å². The van der Waals surface area contributed by atoms with Gasteiger partial charge in [-0.25, -0.2) is 0 Å². The maximum absolute atomic E-state index is 12.5. The SMILES string of the molecule is CCC(=O)Oc1ccc(C[C@H](N)C(=O)O[C@@H](C)C(C)OC(=O)C(C)(C)C)cc1OC(=O)CC. The van der Waals surface area contributed by atoms with Gasteiger partial charge in [0.15, 0.2) is 11.5 Å². The van der Waals surface area contributed by atoms with E-state index >= 15 is 0 Å². The molecule has 1 rings (SSSR count). The van der Waals surface area contributed by atoms with Crippen LogP contribution in [0.2, 0.25) is 0 Å². The molecule has 0 fully saturated rings. The van der Waals surface area contributed by atoms with Crippen LogP contribution in [0.1, 0.15) is 66.9 Å². The van der Waals surface area contributed by atoms with Crippen LogP contribution in [0.15, 0.2) is 18.2 Å². The van der Waals surface area contributed by atoms with Crippen LogP contribution in [0.5, 0.6) is 11.5 Å². The molecule has 0 saturated heterocycles. The van der Waals surface area contributed by atoms with Crippen molar-refractivity contribution in [1.82, 2.24) is 0 Å². The van der Waals surface area contributed by atoms with E-state index in [2.05, 4.69) is 0 Å². The van der Waals surface area contributed by atoms with Crippen molar-refractivity contribution in [3.8, 4) is 11.5 Å². The van der Waals surface area contributed by atoms with Gasteiger partial charge in [-0.3, -0.25) is 19.2 Å². The normalized spacial score (nSPS) is 13.9. The van der Waals surface area contributed by atoms with Crippen molar-refractivity contribution >= 4 is 23.9 Å². The average molecular weight is 466 g/mol. The van der Waals surface area contributed by atoms with Crippen molar-refractivity contribution in [3.63, 3.8) is 0 Å². The van der Waals surface area contributed by atoms with Gasteiger partial charge in [0.2, 0.25) is 0 Å². The smallest absolute Gasteiger partial charge is 0.323 e. The van der Waals surface area contributed by atoms with Crippen molar-refractivity contribution < 1.29 is 38.1 Å². The molecule has 0 aliphatic heterocycles. The zero-order chi connectivity index (χ0) is 25.3. The van der Waals surface area contributed by atoms with Gasteiger partial charge in [0.25, 0.3) is 0 Å². The van der Waals surface area contributed by atoms with Gasteiger partial charge < -0.3 is 24.7 Å². The summed E-state index contributed by atoms with van der Waals surface area (Å²) in [5.74, 6) is -1.89. The molecule has 0 aliphatic carbocycles. The molecule has 9 nitrogen and oxygen atoms in total. The van der Waals surface area contributed by atoms with Gasteiger partial charge in [-0.1, -0.05) is 19.9 Å². The van der Waals surface area contributed by atoms with E-state index in [0.717, 1.165) is 0 Å². The second kappa shape index (κ2) is 12.3. The highest BCUT2D eigenvalue weighted by atomic mass is 16.6. The molecule has 1 aromatic rings. The molecule has 0 radical (unpaired) electrons. The topological polar surface area (TPSA) is 131 Å². The summed E-state index contributed by atoms with van der Waals surface area (Å²) in [6, 6.07) is 3.58. The zero-order valence-electron chi connectivity index (χ0n) is 20.4. The van der Waals surface area contributed by atoms with Crippen LogP contribution in [-0.4, -0.2) is 42.1 Å². The Morgan fingerprint density at radius 2 is 1.39 bits per heavy atom. The van der Waals surface area contributed by atoms with Gasteiger partial charge >= 0.3 is 23.9 Å². The molecular formula is C24H35NO8. The van der Waals surface area contributed by atoms with Crippen LogP contribution in [0.25, 0.3) is 0 Å². The predicted octanol–water partition coefficient (Wildman–Crippen LogP) is 3.10. The molecule has 0 aliphatic rings. The molecule has 0 heterocycles. The van der Waals surface area contributed by atoms with Gasteiger partial charge in [0.05, 0.1) is 5.41 Å². The monoisotopic (exact) mass is 465 g/mol. The number of ether oxygens (including phenoxy) is 4. The number of hydrogen-bond acceptors (Lipinski definition) is 9. The van der Waals surface area contributed by atoms with Crippen molar-refractivity contribution in [3.05, 3.63) is 23.8 Å². The molecule has 33 heavy (non-hydrogen) atoms. The first-order valence-electron chi connectivity index (χ1n) is 11.0. The molecule has 0 aromatic heterocycles. The van der Waals surface area contributed by atoms with E-state index in [0.29, 0.717) is 5.56 Å². The van der Waals surface area contributed by atoms with E-state index in [9.17, 15) is 19.2 Å². The summed E-state index contributed by atoms with van der Waals surface area (Å²) >= 11 is 0. The zero-order valence-corrected chi connectivity index (χ0v) is 20.4. The quantitative estimate of drug-likeness (QED) is 0.409. The number of benzene rings is 1. The van der Waals surface area contributed by atoms with E-state index in [-0.39, 0.29) is 30.8 Å². The van der Waals surface area contributed by atoms with E-state index < -0.39 is 47.5 Å². The molecule has 0 saturated carbocycles. The fourth-order valence-corrected chi connectivity index (χ4v) is 2.38. The first-order valence-corrected chi connectivity index (χ1v) is 11.0. The van der Waals surface area contributed by atoms with Crippen LogP contribution in [0.4, 0.5) is 0 Å². The second-order valence-electron chi connectivity index (χ2n) is 8.75. The standard InChI is InChI=1S/C24H35NO8/c1-8-20(26)32-18-11-10-16(13-19(18)33-21(27)9-2)12-17(25)22(28)30-14(3)15(4)31-23(29)24(5,6)7/h10-11,13-15,17H,8-9,12,25H2,1-7H3/t14-,15?,17-/m0/s1. The minimum absolute atomic E-state index is 0.0674. The van der Waals surface area contributed by atoms with E-state index in [1.807, 2.05) is 0 Å². The molecule has 1 unspecified atom stereocenters. The molecular weight excluding hydrogens is 430 g/mol. The Labute approximate surface area is 194 Å². The minimum Gasteiger partial charge on any atom is -0.458 e. The summed E-state index contributed by atoms with van der Waals surface area (Å²) in [6.45, 7) is 11.7. The Morgan fingerprint density at radius 1 is 0.879 bits per heavy atom. The molecule has 1 aromatic carbocycles. The van der Waals surface area contributed by atoms with Gasteiger partial charge in [0, 0.05) is 12.8 Å². The molecule has 184 valence electrons. The lowest BCUT2D eigenvalue weighted by molar-refractivity contribution is -0.171. The van der Waals surface area contributed by atoms with Gasteiger partial charge in [-0.15, -0.1) is 0 Å². The average Bonchev–Trinajstić information content (AvgIpc) is 2.74. The maximum Gasteiger partial charge on any atom is 0.323 e. The summed E-state index contributed by atoms with van der Waals surface area (Å²) in [5.41, 5.74) is 5.91. The van der Waals surface area contributed by atoms with Gasteiger partial charge in [0.1, 0.15) is 18.2 Å². The number of esters is 4. The summed E-state index contributed by atoms with van der Waals surface area (Å²) in [4.78, 5) is 47.9. The number of carbonyl (C=O) groups is 4. The molecule has 9 heteroatoms. The summed E-state index contributed by atoms with van der Waals surface area (Å²) in [7, 11) is 0. The third-order valence-corrected chi connectivity index (χ3v) is 4.66. The molecule has 0 spiro atoms. The largest absolute Gasteiger partial charge is 0.458 e. The lowest BCUT2D eigenvalue weighted by Crippen LogP contribution is -2.40. The highest BCUT2D eigenvalue weighted by Crippen LogP contribution is 2.30. The fourth-order valence-electron chi connectivity index (χ4n) is 2.38. The lowest BCUT2D eigenvalue weighted by Gasteiger charge is -2.25. The summed E-state index contributed by atoms with van der Waals surface area (Å²) < 4.78 is 21.2. The van der Waals surface area contributed by atoms with E-state index in [4.69, 9.17) is 24.7 Å². The third kappa shape index (κ3) is 9.21. The van der Waals surface area contributed by atoms with E-state index in [1.165, 1.54) is 12.1 Å². The van der Waals surface area contributed by atoms with Crippen LogP contribution in [0, 0.1) is 5.41 Å². The first-order chi connectivity index (χ1) is 15.3. The van der Waals surface area contributed by atoms with Gasteiger partial charge in [-0.2, -0.15) is 0 Å². The Bertz CT molecular complexity index is 859. The van der Waals surface area contributed by atoms with Crippen LogP contribution in [0.3, 0.4) is 0 Å². The van der Waals surface area contributed by atoms with Crippen molar-refractivity contribution in [2.45, 2.75) is 86.0 Å². The molecule has 3 atom stereocenters. The minimum atomic E-state index is -1.02. The second-order valence-corrected chi connectivity index (χ2v) is 8.75. The Hall–Kier alpha value is -2.94. The number of rotatable bonds is 10. The van der Waals surface area contributed by atoms with Crippen molar-refractivity contribution in [2.24, 2.45) is 11.1 Å². The van der Waals surface area contributed by atoms with Crippen LogP contribution >= 0.6 is 0 Å². The predicted molar refractivity (Wildman–Crippen MR) is 121 cm³/mol. The molecule has 0 amide bonds. The highest BCUT2D eigenvalue weighted by molar-refractivity contribution is 5.78. The number of hydrogen-bond donors (Lipinski definition) is 1. The fraction of sp³-hybridized carbons (Fsp3) is 0.583. The van der Waals surface area contributed by atoms with E-state index in [1.54, 1.807) is 54.5 Å². The summed E-state index contributed by atoms with van der Waals surface area (Å²) in [6.07, 6.45) is -0.985. The maximum atomic E-state index is 12.5. The summed E-state index contributed by atoms with van der Waals surface area (Å²) in [5, 5.41) is 0. The Morgan fingerprint density at radius 3 is 1.91 bits per heavy atom.